The lowest BCUT2D eigenvalue weighted by molar-refractivity contribution is -0.133. The predicted octanol–water partition coefficient (Wildman–Crippen LogP) is 3.42. The molecule has 4 nitrogen and oxygen atoms in total. The Labute approximate surface area is 148 Å². The van der Waals surface area contributed by atoms with Crippen molar-refractivity contribution in [1.82, 2.24) is 14.9 Å². The Morgan fingerprint density at radius 3 is 2.92 bits per heavy atom. The van der Waals surface area contributed by atoms with Gasteiger partial charge in [0.25, 0.3) is 0 Å². The molecule has 5 heteroatoms. The molecule has 1 atom stereocenters. The number of piperidine rings is 1. The quantitative estimate of drug-likeness (QED) is 0.809. The molecule has 25 heavy (non-hydrogen) atoms. The third kappa shape index (κ3) is 5.08. The molecule has 2 aromatic rings. The molecule has 1 aromatic carbocycles. The summed E-state index contributed by atoms with van der Waals surface area (Å²) in [6.07, 6.45) is 9.90. The van der Waals surface area contributed by atoms with Crippen molar-refractivity contribution in [3.05, 3.63) is 59.9 Å². The Balaban J connectivity index is 1.47. The summed E-state index contributed by atoms with van der Waals surface area (Å²) in [5, 5.41) is 0. The third-order valence-electron chi connectivity index (χ3n) is 4.86. The fraction of sp³-hybridized carbons (Fsp3) is 0.450. The van der Waals surface area contributed by atoms with Crippen molar-refractivity contribution in [2.45, 2.75) is 38.5 Å². The number of likely N-dealkylation sites (tertiary alicyclic amines) is 1. The van der Waals surface area contributed by atoms with Gasteiger partial charge in [-0.05, 0) is 49.7 Å². The number of hydrogen-bond donors (Lipinski definition) is 0. The molecule has 3 rings (SSSR count). The highest BCUT2D eigenvalue weighted by Crippen LogP contribution is 2.23. The van der Waals surface area contributed by atoms with E-state index >= 15 is 0 Å². The summed E-state index contributed by atoms with van der Waals surface area (Å²) < 4.78 is 13.7. The number of amides is 1. The Bertz CT molecular complexity index is 692. The number of aromatic nitrogens is 2. The van der Waals surface area contributed by atoms with Crippen molar-refractivity contribution < 1.29 is 9.18 Å². The van der Waals surface area contributed by atoms with Gasteiger partial charge in [0.1, 0.15) is 5.82 Å². The van der Waals surface area contributed by atoms with Crippen LogP contribution in [0.1, 0.15) is 36.9 Å². The summed E-state index contributed by atoms with van der Waals surface area (Å²) in [6.45, 7) is 1.61. The average Bonchev–Trinajstić information content (AvgIpc) is 2.66. The van der Waals surface area contributed by atoms with Crippen LogP contribution in [-0.4, -0.2) is 33.9 Å². The lowest BCUT2D eigenvalue weighted by Gasteiger charge is -2.33. The second kappa shape index (κ2) is 8.70. The van der Waals surface area contributed by atoms with Crippen LogP contribution in [0, 0.1) is 11.7 Å². The number of halogens is 1. The van der Waals surface area contributed by atoms with Crippen LogP contribution in [0.25, 0.3) is 0 Å². The first-order chi connectivity index (χ1) is 12.2. The van der Waals surface area contributed by atoms with Crippen molar-refractivity contribution in [2.75, 3.05) is 13.1 Å². The molecule has 1 aliphatic heterocycles. The van der Waals surface area contributed by atoms with E-state index in [1.165, 1.54) is 6.07 Å². The number of benzene rings is 1. The molecule has 1 fully saturated rings. The topological polar surface area (TPSA) is 46.1 Å². The molecular weight excluding hydrogens is 317 g/mol. The van der Waals surface area contributed by atoms with Crippen molar-refractivity contribution in [3.63, 3.8) is 0 Å². The lowest BCUT2D eigenvalue weighted by Crippen LogP contribution is -2.40. The van der Waals surface area contributed by atoms with Gasteiger partial charge in [0, 0.05) is 38.1 Å². The zero-order valence-electron chi connectivity index (χ0n) is 14.4. The van der Waals surface area contributed by atoms with Crippen LogP contribution in [0.15, 0.2) is 42.9 Å². The summed E-state index contributed by atoms with van der Waals surface area (Å²) in [6, 6.07) is 6.96. The summed E-state index contributed by atoms with van der Waals surface area (Å²) >= 11 is 0. The van der Waals surface area contributed by atoms with E-state index in [4.69, 9.17) is 0 Å². The maximum absolute atomic E-state index is 13.7. The van der Waals surface area contributed by atoms with Crippen molar-refractivity contribution in [2.24, 2.45) is 5.92 Å². The predicted molar refractivity (Wildman–Crippen MR) is 94.4 cm³/mol. The van der Waals surface area contributed by atoms with Crippen LogP contribution >= 0.6 is 0 Å². The standard InChI is InChI=1S/C20H24FN3O/c21-19-6-2-1-5-17(19)8-7-16-4-3-13-24(15-16)20(25)10-9-18-14-22-11-12-23-18/h1-2,5-6,11-12,14,16H,3-4,7-10,13,15H2/t16-/m1/s1. The third-order valence-corrected chi connectivity index (χ3v) is 4.86. The molecule has 0 saturated carbocycles. The van der Waals surface area contributed by atoms with Crippen LogP contribution < -0.4 is 0 Å². The largest absolute Gasteiger partial charge is 0.342 e. The van der Waals surface area contributed by atoms with Gasteiger partial charge >= 0.3 is 0 Å². The number of carbonyl (C=O) groups excluding carboxylic acids is 1. The molecule has 0 N–H and O–H groups in total. The van der Waals surface area contributed by atoms with Gasteiger partial charge in [-0.1, -0.05) is 18.2 Å². The van der Waals surface area contributed by atoms with Gasteiger partial charge in [-0.3, -0.25) is 14.8 Å². The van der Waals surface area contributed by atoms with Gasteiger partial charge < -0.3 is 4.90 Å². The molecule has 132 valence electrons. The summed E-state index contributed by atoms with van der Waals surface area (Å²) in [5.41, 5.74) is 1.62. The van der Waals surface area contributed by atoms with Crippen LogP contribution in [0.2, 0.25) is 0 Å². The van der Waals surface area contributed by atoms with Crippen LogP contribution in [0.3, 0.4) is 0 Å². The SMILES string of the molecule is O=C(CCc1cnccn1)N1CCC[C@H](CCc2ccccc2F)C1. The number of carbonyl (C=O) groups is 1. The molecule has 0 bridgehead atoms. The van der Waals surface area contributed by atoms with Crippen molar-refractivity contribution in [3.8, 4) is 0 Å². The zero-order valence-corrected chi connectivity index (χ0v) is 14.4. The highest BCUT2D eigenvalue weighted by Gasteiger charge is 2.23. The van der Waals surface area contributed by atoms with E-state index in [0.29, 0.717) is 18.8 Å². The molecule has 0 radical (unpaired) electrons. The summed E-state index contributed by atoms with van der Waals surface area (Å²) in [4.78, 5) is 22.7. The Kier molecular flexibility index (Phi) is 6.09. The fourth-order valence-electron chi connectivity index (χ4n) is 3.44. The van der Waals surface area contributed by atoms with E-state index in [0.717, 1.165) is 50.0 Å². The van der Waals surface area contributed by atoms with Crippen molar-refractivity contribution >= 4 is 5.91 Å². The summed E-state index contributed by atoms with van der Waals surface area (Å²) in [7, 11) is 0. The van der Waals surface area contributed by atoms with Gasteiger partial charge in [-0.15, -0.1) is 0 Å². The van der Waals surface area contributed by atoms with Crippen molar-refractivity contribution in [1.29, 1.82) is 0 Å². The van der Waals surface area contributed by atoms with E-state index in [1.54, 1.807) is 24.7 Å². The molecule has 2 heterocycles. The van der Waals surface area contributed by atoms with E-state index in [-0.39, 0.29) is 11.7 Å². The lowest BCUT2D eigenvalue weighted by atomic mass is 9.91. The first-order valence-corrected chi connectivity index (χ1v) is 8.98. The molecule has 1 aliphatic rings. The van der Waals surface area contributed by atoms with Crippen LogP contribution in [0.4, 0.5) is 4.39 Å². The molecular formula is C20H24FN3O. The molecule has 1 amide bonds. The zero-order chi connectivity index (χ0) is 17.5. The average molecular weight is 341 g/mol. The normalized spacial score (nSPS) is 17.5. The minimum absolute atomic E-state index is 0.129. The molecule has 0 spiro atoms. The first kappa shape index (κ1) is 17.5. The second-order valence-electron chi connectivity index (χ2n) is 6.67. The Morgan fingerprint density at radius 2 is 2.12 bits per heavy atom. The number of aryl methyl sites for hydroxylation is 2. The molecule has 1 aromatic heterocycles. The number of hydrogen-bond acceptors (Lipinski definition) is 3. The smallest absolute Gasteiger partial charge is 0.222 e. The highest BCUT2D eigenvalue weighted by atomic mass is 19.1. The molecule has 0 unspecified atom stereocenters. The van der Waals surface area contributed by atoms with Gasteiger partial charge in [-0.2, -0.15) is 0 Å². The molecule has 1 saturated heterocycles. The fourth-order valence-corrected chi connectivity index (χ4v) is 3.44. The van der Waals surface area contributed by atoms with E-state index in [1.807, 2.05) is 17.0 Å². The highest BCUT2D eigenvalue weighted by molar-refractivity contribution is 5.76. The van der Waals surface area contributed by atoms with Gasteiger partial charge in [0.2, 0.25) is 5.91 Å². The number of rotatable bonds is 6. The van der Waals surface area contributed by atoms with Gasteiger partial charge in [0.05, 0.1) is 5.69 Å². The maximum atomic E-state index is 13.7. The van der Waals surface area contributed by atoms with Crippen LogP contribution in [0.5, 0.6) is 0 Å². The van der Waals surface area contributed by atoms with E-state index in [9.17, 15) is 9.18 Å². The van der Waals surface area contributed by atoms with Crippen LogP contribution in [-0.2, 0) is 17.6 Å². The minimum atomic E-state index is -0.129. The molecule has 0 aliphatic carbocycles. The Hall–Kier alpha value is -2.30. The first-order valence-electron chi connectivity index (χ1n) is 8.98. The van der Waals surface area contributed by atoms with Gasteiger partial charge in [-0.25, -0.2) is 4.39 Å². The van der Waals surface area contributed by atoms with Gasteiger partial charge in [0.15, 0.2) is 0 Å². The number of nitrogens with zero attached hydrogens (tertiary/aromatic N) is 3. The monoisotopic (exact) mass is 341 g/mol. The van der Waals surface area contributed by atoms with E-state index in [2.05, 4.69) is 9.97 Å². The second-order valence-corrected chi connectivity index (χ2v) is 6.67. The van der Waals surface area contributed by atoms with E-state index < -0.39 is 0 Å². The minimum Gasteiger partial charge on any atom is -0.342 e. The Morgan fingerprint density at radius 1 is 1.24 bits per heavy atom. The maximum Gasteiger partial charge on any atom is 0.222 e. The summed E-state index contributed by atoms with van der Waals surface area (Å²) in [5.74, 6) is 0.505.